The van der Waals surface area contributed by atoms with Crippen molar-refractivity contribution in [3.63, 3.8) is 0 Å². The van der Waals surface area contributed by atoms with Crippen LogP contribution >= 0.6 is 11.3 Å². The molecule has 0 aliphatic carbocycles. The third kappa shape index (κ3) is 3.92. The molecule has 0 bridgehead atoms. The molecule has 1 aromatic rings. The van der Waals surface area contributed by atoms with Gasteiger partial charge in [0.05, 0.1) is 16.7 Å². The van der Waals surface area contributed by atoms with Crippen molar-refractivity contribution in [1.82, 2.24) is 15.6 Å². The van der Waals surface area contributed by atoms with E-state index in [9.17, 15) is 9.59 Å². The second-order valence-electron chi connectivity index (χ2n) is 4.93. The number of aryl methyl sites for hydroxylation is 2. The largest absolute Gasteiger partial charge is 0.480 e. The van der Waals surface area contributed by atoms with Gasteiger partial charge in [-0.2, -0.15) is 0 Å². The zero-order chi connectivity index (χ0) is 14.8. The lowest BCUT2D eigenvalue weighted by atomic mass is 10.1. The molecule has 1 heterocycles. The molecule has 6 nitrogen and oxygen atoms in total. The first-order valence-electron chi connectivity index (χ1n) is 5.89. The van der Waals surface area contributed by atoms with E-state index in [1.807, 2.05) is 20.8 Å². The number of nitrogens with one attached hydrogen (secondary N) is 2. The van der Waals surface area contributed by atoms with E-state index in [2.05, 4.69) is 15.6 Å². The number of hydrogen-bond acceptors (Lipinski definition) is 4. The third-order valence-corrected chi connectivity index (χ3v) is 3.90. The number of carboxylic acid groups (broad SMARTS) is 1. The molecule has 7 heteroatoms. The number of hydrogen-bond donors (Lipinski definition) is 3. The number of carboxylic acids is 1. The minimum Gasteiger partial charge on any atom is -0.480 e. The van der Waals surface area contributed by atoms with Gasteiger partial charge in [0, 0.05) is 4.88 Å². The fourth-order valence-electron chi connectivity index (χ4n) is 1.58. The Morgan fingerprint density at radius 2 is 1.95 bits per heavy atom. The number of aromatic nitrogens is 1. The van der Waals surface area contributed by atoms with E-state index in [-0.39, 0.29) is 6.04 Å². The van der Waals surface area contributed by atoms with Crippen LogP contribution in [0.2, 0.25) is 0 Å². The molecule has 1 unspecified atom stereocenters. The highest BCUT2D eigenvalue weighted by atomic mass is 32.1. The molecule has 0 aliphatic rings. The molecule has 0 aliphatic heterocycles. The highest BCUT2D eigenvalue weighted by Crippen LogP contribution is 2.24. The quantitative estimate of drug-likeness (QED) is 0.789. The second-order valence-corrected chi connectivity index (χ2v) is 6.17. The first-order chi connectivity index (χ1) is 8.63. The molecule has 0 aromatic carbocycles. The molecule has 0 saturated heterocycles. The van der Waals surface area contributed by atoms with Gasteiger partial charge in [0.2, 0.25) is 0 Å². The smallest absolute Gasteiger partial charge is 0.328 e. The fourth-order valence-corrected chi connectivity index (χ4v) is 2.51. The Morgan fingerprint density at radius 3 is 2.37 bits per heavy atom. The predicted octanol–water partition coefficient (Wildman–Crippen LogP) is 1.98. The Balaban J connectivity index is 2.68. The van der Waals surface area contributed by atoms with Gasteiger partial charge in [0.25, 0.3) is 0 Å². The van der Waals surface area contributed by atoms with Crippen molar-refractivity contribution in [2.24, 2.45) is 0 Å². The van der Waals surface area contributed by atoms with Crippen LogP contribution in [0, 0.1) is 13.8 Å². The highest BCUT2D eigenvalue weighted by molar-refractivity contribution is 7.11. The monoisotopic (exact) mass is 285 g/mol. The summed E-state index contributed by atoms with van der Waals surface area (Å²) in [5, 5.41) is 15.0. The van der Waals surface area contributed by atoms with Crippen LogP contribution in [-0.2, 0) is 4.79 Å². The average Bonchev–Trinajstić information content (AvgIpc) is 2.56. The van der Waals surface area contributed by atoms with Gasteiger partial charge in [-0.3, -0.25) is 0 Å². The molecule has 19 heavy (non-hydrogen) atoms. The molecular formula is C12H19N3O3S. The first-order valence-corrected chi connectivity index (χ1v) is 6.71. The summed E-state index contributed by atoms with van der Waals surface area (Å²) in [6, 6.07) is -0.721. The maximum atomic E-state index is 11.8. The summed E-state index contributed by atoms with van der Waals surface area (Å²) in [6.45, 7) is 8.49. The van der Waals surface area contributed by atoms with Gasteiger partial charge in [0.1, 0.15) is 5.54 Å². The summed E-state index contributed by atoms with van der Waals surface area (Å²) in [5.41, 5.74) is -0.421. The zero-order valence-electron chi connectivity index (χ0n) is 11.7. The molecule has 106 valence electrons. The van der Waals surface area contributed by atoms with Crippen LogP contribution < -0.4 is 10.6 Å². The van der Waals surface area contributed by atoms with E-state index < -0.39 is 17.5 Å². The molecule has 1 atom stereocenters. The van der Waals surface area contributed by atoms with Crippen LogP contribution in [0.25, 0.3) is 0 Å². The Bertz CT molecular complexity index is 496. The average molecular weight is 285 g/mol. The van der Waals surface area contributed by atoms with Gasteiger partial charge in [0.15, 0.2) is 0 Å². The SMILES string of the molecule is Cc1nc(C)c(C(C)NC(=O)NC(C)(C)C(=O)O)s1. The predicted molar refractivity (Wildman–Crippen MR) is 73.4 cm³/mol. The van der Waals surface area contributed by atoms with E-state index >= 15 is 0 Å². The molecule has 1 aromatic heterocycles. The second kappa shape index (κ2) is 5.56. The molecular weight excluding hydrogens is 266 g/mol. The Hall–Kier alpha value is -1.63. The number of rotatable bonds is 4. The molecule has 1 rings (SSSR count). The van der Waals surface area contributed by atoms with Crippen LogP contribution in [0.4, 0.5) is 4.79 Å². The normalized spacial score (nSPS) is 12.9. The first kappa shape index (κ1) is 15.4. The molecule has 0 saturated carbocycles. The summed E-state index contributed by atoms with van der Waals surface area (Å²) < 4.78 is 0. The van der Waals surface area contributed by atoms with Crippen LogP contribution in [-0.4, -0.2) is 27.6 Å². The van der Waals surface area contributed by atoms with Crippen molar-refractivity contribution >= 4 is 23.3 Å². The fraction of sp³-hybridized carbons (Fsp3) is 0.583. The van der Waals surface area contributed by atoms with Crippen molar-refractivity contribution in [3.8, 4) is 0 Å². The number of carbonyl (C=O) groups excluding carboxylic acids is 1. The standard InChI is InChI=1S/C12H19N3O3S/c1-6-9(19-8(3)13-6)7(2)14-11(18)15-12(4,5)10(16)17/h7H,1-5H3,(H,16,17)(H2,14,15,18). The van der Waals surface area contributed by atoms with Gasteiger partial charge < -0.3 is 15.7 Å². The van der Waals surface area contributed by atoms with Crippen LogP contribution in [0.5, 0.6) is 0 Å². The Kier molecular flexibility index (Phi) is 4.52. The van der Waals surface area contributed by atoms with Crippen molar-refractivity contribution in [2.75, 3.05) is 0 Å². The van der Waals surface area contributed by atoms with Gasteiger partial charge in [-0.05, 0) is 34.6 Å². The van der Waals surface area contributed by atoms with Crippen molar-refractivity contribution in [1.29, 1.82) is 0 Å². The summed E-state index contributed by atoms with van der Waals surface area (Å²) in [6.07, 6.45) is 0. The third-order valence-electron chi connectivity index (χ3n) is 2.64. The summed E-state index contributed by atoms with van der Waals surface area (Å²) in [7, 11) is 0. The van der Waals surface area contributed by atoms with Crippen LogP contribution in [0.15, 0.2) is 0 Å². The van der Waals surface area contributed by atoms with Gasteiger partial charge >= 0.3 is 12.0 Å². The molecule has 0 fully saturated rings. The van der Waals surface area contributed by atoms with Crippen molar-refractivity contribution in [2.45, 2.75) is 46.2 Å². The number of nitrogens with zero attached hydrogens (tertiary/aromatic N) is 1. The van der Waals surface area contributed by atoms with Crippen molar-refractivity contribution < 1.29 is 14.7 Å². The number of aliphatic carboxylic acids is 1. The summed E-state index contributed by atoms with van der Waals surface area (Å²) >= 11 is 1.52. The number of amides is 2. The van der Waals surface area contributed by atoms with Crippen molar-refractivity contribution in [3.05, 3.63) is 15.6 Å². The summed E-state index contributed by atoms with van der Waals surface area (Å²) in [5.74, 6) is -1.08. The lowest BCUT2D eigenvalue weighted by molar-refractivity contribution is -0.142. The minimum absolute atomic E-state index is 0.212. The van der Waals surface area contributed by atoms with E-state index in [4.69, 9.17) is 5.11 Å². The van der Waals surface area contributed by atoms with E-state index in [1.54, 1.807) is 0 Å². The van der Waals surface area contributed by atoms with E-state index in [0.717, 1.165) is 15.6 Å². The number of thiazole rings is 1. The number of urea groups is 1. The van der Waals surface area contributed by atoms with E-state index in [1.165, 1.54) is 25.2 Å². The number of carbonyl (C=O) groups is 2. The van der Waals surface area contributed by atoms with E-state index in [0.29, 0.717) is 0 Å². The van der Waals surface area contributed by atoms with Gasteiger partial charge in [-0.1, -0.05) is 0 Å². The lowest BCUT2D eigenvalue weighted by Gasteiger charge is -2.22. The lowest BCUT2D eigenvalue weighted by Crippen LogP contribution is -2.53. The maximum absolute atomic E-state index is 11.8. The molecule has 0 spiro atoms. The summed E-state index contributed by atoms with van der Waals surface area (Å²) in [4.78, 5) is 28.0. The van der Waals surface area contributed by atoms with Gasteiger partial charge in [-0.15, -0.1) is 11.3 Å². The van der Waals surface area contributed by atoms with Crippen LogP contribution in [0.3, 0.4) is 0 Å². The Labute approximate surface area is 116 Å². The Morgan fingerprint density at radius 1 is 1.37 bits per heavy atom. The minimum atomic E-state index is -1.30. The molecule has 3 N–H and O–H groups in total. The van der Waals surface area contributed by atoms with Gasteiger partial charge in [-0.25, -0.2) is 14.6 Å². The molecule has 0 radical (unpaired) electrons. The highest BCUT2D eigenvalue weighted by Gasteiger charge is 2.29. The topological polar surface area (TPSA) is 91.3 Å². The zero-order valence-corrected chi connectivity index (χ0v) is 12.5. The van der Waals surface area contributed by atoms with Crippen LogP contribution in [0.1, 0.15) is 42.4 Å². The molecule has 2 amide bonds. The maximum Gasteiger partial charge on any atom is 0.328 e.